The predicted octanol–water partition coefficient (Wildman–Crippen LogP) is 4.82. The van der Waals surface area contributed by atoms with Gasteiger partial charge in [-0.2, -0.15) is 0 Å². The standard InChI is InChI=1S/C15H13Cl2FN2O/c1-2-19-14-6-3-9(16)7-11(14)15(21)20-10-4-5-12(17)13(18)8-10/h3-8,19H,2H2,1H3,(H,20,21). The molecule has 0 radical (unpaired) electrons. The maximum absolute atomic E-state index is 13.4. The zero-order chi connectivity index (χ0) is 15.4. The fraction of sp³-hybridized carbons (Fsp3) is 0.133. The topological polar surface area (TPSA) is 41.1 Å². The van der Waals surface area contributed by atoms with Gasteiger partial charge in [-0.05, 0) is 43.3 Å². The van der Waals surface area contributed by atoms with E-state index in [1.807, 2.05) is 6.92 Å². The second-order valence-corrected chi connectivity index (χ2v) is 5.15. The first-order chi connectivity index (χ1) is 10.0. The summed E-state index contributed by atoms with van der Waals surface area (Å²) in [6, 6.07) is 9.05. The Kier molecular flexibility index (Phi) is 5.04. The number of hydrogen-bond donors (Lipinski definition) is 2. The highest BCUT2D eigenvalue weighted by molar-refractivity contribution is 6.31. The maximum Gasteiger partial charge on any atom is 0.257 e. The number of anilines is 2. The summed E-state index contributed by atoms with van der Waals surface area (Å²) in [6.07, 6.45) is 0. The quantitative estimate of drug-likeness (QED) is 0.845. The van der Waals surface area contributed by atoms with Crippen LogP contribution in [-0.4, -0.2) is 12.5 Å². The number of hydrogen-bond acceptors (Lipinski definition) is 2. The Morgan fingerprint density at radius 1 is 1.19 bits per heavy atom. The zero-order valence-electron chi connectivity index (χ0n) is 11.2. The number of carbonyl (C=O) groups is 1. The third-order valence-corrected chi connectivity index (χ3v) is 3.31. The highest BCUT2D eigenvalue weighted by Gasteiger charge is 2.13. The van der Waals surface area contributed by atoms with Gasteiger partial charge in [0.2, 0.25) is 0 Å². The molecule has 0 aliphatic carbocycles. The van der Waals surface area contributed by atoms with E-state index in [9.17, 15) is 9.18 Å². The molecule has 0 aliphatic heterocycles. The van der Waals surface area contributed by atoms with Crippen LogP contribution in [0.15, 0.2) is 36.4 Å². The molecule has 0 aromatic heterocycles. The first-order valence-corrected chi connectivity index (χ1v) is 7.06. The van der Waals surface area contributed by atoms with Gasteiger partial charge in [-0.3, -0.25) is 4.79 Å². The highest BCUT2D eigenvalue weighted by Crippen LogP contribution is 2.23. The molecular weight excluding hydrogens is 314 g/mol. The van der Waals surface area contributed by atoms with Gasteiger partial charge in [-0.1, -0.05) is 23.2 Å². The molecule has 0 fully saturated rings. The minimum atomic E-state index is -0.590. The molecule has 0 bridgehead atoms. The van der Waals surface area contributed by atoms with Crippen LogP contribution in [0.3, 0.4) is 0 Å². The van der Waals surface area contributed by atoms with E-state index in [-0.39, 0.29) is 10.9 Å². The van der Waals surface area contributed by atoms with Crippen molar-refractivity contribution in [3.05, 3.63) is 57.8 Å². The number of amides is 1. The number of nitrogens with one attached hydrogen (secondary N) is 2. The van der Waals surface area contributed by atoms with Crippen LogP contribution in [0.5, 0.6) is 0 Å². The summed E-state index contributed by atoms with van der Waals surface area (Å²) >= 11 is 11.5. The Bertz CT molecular complexity index is 677. The SMILES string of the molecule is CCNc1ccc(Cl)cc1C(=O)Nc1ccc(Cl)c(F)c1. The van der Waals surface area contributed by atoms with Crippen molar-refractivity contribution in [2.75, 3.05) is 17.2 Å². The van der Waals surface area contributed by atoms with Crippen LogP contribution in [0.4, 0.5) is 15.8 Å². The van der Waals surface area contributed by atoms with Crippen LogP contribution in [0.2, 0.25) is 10.0 Å². The van der Waals surface area contributed by atoms with Gasteiger partial charge in [-0.15, -0.1) is 0 Å². The van der Waals surface area contributed by atoms with Gasteiger partial charge in [-0.25, -0.2) is 4.39 Å². The van der Waals surface area contributed by atoms with Crippen molar-refractivity contribution < 1.29 is 9.18 Å². The summed E-state index contributed by atoms with van der Waals surface area (Å²) in [5.41, 5.74) is 1.37. The fourth-order valence-electron chi connectivity index (χ4n) is 1.82. The third-order valence-electron chi connectivity index (χ3n) is 2.77. The highest BCUT2D eigenvalue weighted by atomic mass is 35.5. The molecule has 2 aromatic carbocycles. The molecule has 0 saturated heterocycles. The molecule has 2 aromatic rings. The van der Waals surface area contributed by atoms with E-state index < -0.39 is 5.82 Å². The minimum absolute atomic E-state index is 0.00379. The van der Waals surface area contributed by atoms with Crippen LogP contribution in [0, 0.1) is 5.82 Å². The lowest BCUT2D eigenvalue weighted by Crippen LogP contribution is -2.15. The Hall–Kier alpha value is -1.78. The smallest absolute Gasteiger partial charge is 0.257 e. The summed E-state index contributed by atoms with van der Waals surface area (Å²) in [4.78, 5) is 12.3. The van der Waals surface area contributed by atoms with E-state index in [4.69, 9.17) is 23.2 Å². The zero-order valence-corrected chi connectivity index (χ0v) is 12.7. The summed E-state index contributed by atoms with van der Waals surface area (Å²) in [6.45, 7) is 2.59. The number of benzene rings is 2. The van der Waals surface area contributed by atoms with E-state index in [2.05, 4.69) is 10.6 Å². The predicted molar refractivity (Wildman–Crippen MR) is 85.0 cm³/mol. The van der Waals surface area contributed by atoms with Crippen molar-refractivity contribution in [3.63, 3.8) is 0 Å². The second kappa shape index (κ2) is 6.78. The largest absolute Gasteiger partial charge is 0.385 e. The maximum atomic E-state index is 13.4. The monoisotopic (exact) mass is 326 g/mol. The fourth-order valence-corrected chi connectivity index (χ4v) is 2.11. The Balaban J connectivity index is 2.27. The van der Waals surface area contributed by atoms with E-state index >= 15 is 0 Å². The molecule has 6 heteroatoms. The summed E-state index contributed by atoms with van der Waals surface area (Å²) < 4.78 is 13.4. The second-order valence-electron chi connectivity index (χ2n) is 4.30. The van der Waals surface area contributed by atoms with Crippen LogP contribution < -0.4 is 10.6 Å². The molecule has 0 aliphatic rings. The lowest BCUT2D eigenvalue weighted by Gasteiger charge is -2.12. The first-order valence-electron chi connectivity index (χ1n) is 6.31. The molecule has 0 unspecified atom stereocenters. The minimum Gasteiger partial charge on any atom is -0.385 e. The Morgan fingerprint density at radius 2 is 1.95 bits per heavy atom. The number of rotatable bonds is 4. The molecule has 1 amide bonds. The van der Waals surface area contributed by atoms with Crippen molar-refractivity contribution in [2.45, 2.75) is 6.92 Å². The average Bonchev–Trinajstić information content (AvgIpc) is 2.45. The Labute approximate surface area is 132 Å². The number of halogens is 3. The molecular formula is C15H13Cl2FN2O. The van der Waals surface area contributed by atoms with Gasteiger partial charge in [0.25, 0.3) is 5.91 Å². The molecule has 3 nitrogen and oxygen atoms in total. The van der Waals surface area contributed by atoms with Crippen molar-refractivity contribution in [2.24, 2.45) is 0 Å². The summed E-state index contributed by atoms with van der Waals surface area (Å²) in [7, 11) is 0. The van der Waals surface area contributed by atoms with Gasteiger partial charge < -0.3 is 10.6 Å². The number of carbonyl (C=O) groups excluding carboxylic acids is 1. The van der Waals surface area contributed by atoms with E-state index in [1.54, 1.807) is 18.2 Å². The van der Waals surface area contributed by atoms with E-state index in [0.29, 0.717) is 28.5 Å². The van der Waals surface area contributed by atoms with Crippen LogP contribution in [0.1, 0.15) is 17.3 Å². The summed E-state index contributed by atoms with van der Waals surface area (Å²) in [5, 5.41) is 6.14. The van der Waals surface area contributed by atoms with Crippen molar-refractivity contribution in [3.8, 4) is 0 Å². The van der Waals surface area contributed by atoms with Crippen molar-refractivity contribution in [1.82, 2.24) is 0 Å². The first kappa shape index (κ1) is 15.6. The molecule has 110 valence electrons. The summed E-state index contributed by atoms with van der Waals surface area (Å²) in [5.74, 6) is -0.970. The van der Waals surface area contributed by atoms with Crippen LogP contribution >= 0.6 is 23.2 Å². The average molecular weight is 327 g/mol. The molecule has 0 atom stereocenters. The Morgan fingerprint density at radius 3 is 2.62 bits per heavy atom. The molecule has 0 heterocycles. The van der Waals surface area contributed by atoms with Gasteiger partial charge in [0.05, 0.1) is 10.6 Å². The lowest BCUT2D eigenvalue weighted by atomic mass is 10.1. The van der Waals surface area contributed by atoms with E-state index in [0.717, 1.165) is 6.07 Å². The molecule has 2 N–H and O–H groups in total. The lowest BCUT2D eigenvalue weighted by molar-refractivity contribution is 0.102. The van der Waals surface area contributed by atoms with Crippen molar-refractivity contribution >= 4 is 40.5 Å². The van der Waals surface area contributed by atoms with Crippen LogP contribution in [0.25, 0.3) is 0 Å². The molecule has 2 rings (SSSR count). The van der Waals surface area contributed by atoms with Crippen molar-refractivity contribution in [1.29, 1.82) is 0 Å². The van der Waals surface area contributed by atoms with Gasteiger partial charge >= 0.3 is 0 Å². The van der Waals surface area contributed by atoms with Gasteiger partial charge in [0.1, 0.15) is 5.82 Å². The third kappa shape index (κ3) is 3.86. The van der Waals surface area contributed by atoms with Gasteiger partial charge in [0, 0.05) is 22.9 Å². The van der Waals surface area contributed by atoms with Crippen LogP contribution in [-0.2, 0) is 0 Å². The van der Waals surface area contributed by atoms with E-state index in [1.165, 1.54) is 12.1 Å². The molecule has 21 heavy (non-hydrogen) atoms. The normalized spacial score (nSPS) is 10.3. The van der Waals surface area contributed by atoms with Gasteiger partial charge in [0.15, 0.2) is 0 Å². The molecule has 0 spiro atoms. The molecule has 0 saturated carbocycles.